The number of hydrogen-bond acceptors (Lipinski definition) is 6. The van der Waals surface area contributed by atoms with Gasteiger partial charge in [-0.05, 0) is 0 Å². The predicted molar refractivity (Wildman–Crippen MR) is 68.9 cm³/mol. The summed E-state index contributed by atoms with van der Waals surface area (Å²) in [7, 11) is 0. The average molecular weight is 274 g/mol. The highest BCUT2D eigenvalue weighted by Gasteiger charge is 2.04. The number of hydrogen-bond donors (Lipinski definition) is 3. The molecule has 0 aliphatic heterocycles. The van der Waals surface area contributed by atoms with E-state index in [1.54, 1.807) is 6.20 Å². The number of carbonyl (C=O) groups excluding carboxylic acids is 2. The molecule has 0 unspecified atom stereocenters. The number of nitrogens with one attached hydrogen (secondary N) is 2. The Morgan fingerprint density at radius 1 is 1.47 bits per heavy atom. The summed E-state index contributed by atoms with van der Waals surface area (Å²) < 4.78 is 0.916. The Bertz CT molecular complexity index is 394. The van der Waals surface area contributed by atoms with Gasteiger partial charge in [0, 0.05) is 20.0 Å². The summed E-state index contributed by atoms with van der Waals surface area (Å²) >= 11 is 2.74. The van der Waals surface area contributed by atoms with Gasteiger partial charge in [-0.15, -0.1) is 11.8 Å². The summed E-state index contributed by atoms with van der Waals surface area (Å²) in [6.07, 6.45) is 1.65. The zero-order valence-electron chi connectivity index (χ0n) is 9.36. The lowest BCUT2D eigenvalue weighted by Gasteiger charge is -2.04. The smallest absolute Gasteiger partial charge is 0.230 e. The highest BCUT2D eigenvalue weighted by molar-refractivity contribution is 8.01. The van der Waals surface area contributed by atoms with E-state index < -0.39 is 0 Å². The van der Waals surface area contributed by atoms with Gasteiger partial charge in [0.2, 0.25) is 11.8 Å². The molecular weight excluding hydrogens is 260 g/mol. The number of thiazole rings is 1. The third-order valence-corrected chi connectivity index (χ3v) is 3.69. The minimum atomic E-state index is -0.103. The number of nitrogens with two attached hydrogens (primary N) is 1. The van der Waals surface area contributed by atoms with Gasteiger partial charge < -0.3 is 16.4 Å². The highest BCUT2D eigenvalue weighted by Crippen LogP contribution is 2.25. The average Bonchev–Trinajstić information content (AvgIpc) is 2.67. The fraction of sp³-hybridized carbons (Fsp3) is 0.444. The summed E-state index contributed by atoms with van der Waals surface area (Å²) in [5.41, 5.74) is 5.46. The number of thioether (sulfide) groups is 1. The first-order valence-corrected chi connectivity index (χ1v) is 6.73. The molecule has 0 bridgehead atoms. The zero-order valence-corrected chi connectivity index (χ0v) is 11.0. The van der Waals surface area contributed by atoms with E-state index in [-0.39, 0.29) is 11.8 Å². The number of anilines is 1. The van der Waals surface area contributed by atoms with Gasteiger partial charge in [-0.25, -0.2) is 4.98 Å². The van der Waals surface area contributed by atoms with E-state index in [0.717, 1.165) is 4.21 Å². The summed E-state index contributed by atoms with van der Waals surface area (Å²) in [4.78, 5) is 25.8. The molecule has 1 aromatic rings. The standard InChI is InChI=1S/C9H14N4O2S2/c1-6(14)11-2-3-12-7(15)5-16-8-4-13-9(10)17-8/h4H,2-3,5H2,1H3,(H2,10,13)(H,11,14)(H,12,15). The number of amides is 2. The maximum Gasteiger partial charge on any atom is 0.230 e. The van der Waals surface area contributed by atoms with Crippen LogP contribution in [-0.4, -0.2) is 35.6 Å². The molecule has 94 valence electrons. The van der Waals surface area contributed by atoms with E-state index in [4.69, 9.17) is 5.73 Å². The van der Waals surface area contributed by atoms with Gasteiger partial charge in [0.05, 0.1) is 16.2 Å². The molecule has 4 N–H and O–H groups in total. The molecule has 0 fully saturated rings. The maximum absolute atomic E-state index is 11.4. The Morgan fingerprint density at radius 3 is 2.76 bits per heavy atom. The van der Waals surface area contributed by atoms with Crippen LogP contribution in [0.15, 0.2) is 10.4 Å². The van der Waals surface area contributed by atoms with Crippen LogP contribution in [-0.2, 0) is 9.59 Å². The second kappa shape index (κ2) is 7.13. The van der Waals surface area contributed by atoms with Crippen molar-refractivity contribution in [3.8, 4) is 0 Å². The molecule has 0 radical (unpaired) electrons. The molecule has 0 aromatic carbocycles. The summed E-state index contributed by atoms with van der Waals surface area (Å²) in [5, 5.41) is 5.79. The fourth-order valence-corrected chi connectivity index (χ4v) is 2.56. The summed E-state index contributed by atoms with van der Waals surface area (Å²) in [5.74, 6) is 0.142. The second-order valence-corrected chi connectivity index (χ2v) is 5.48. The maximum atomic E-state index is 11.4. The van der Waals surface area contributed by atoms with Crippen LogP contribution in [0.1, 0.15) is 6.92 Å². The molecule has 1 heterocycles. The van der Waals surface area contributed by atoms with Crippen LogP contribution in [0.2, 0.25) is 0 Å². The minimum Gasteiger partial charge on any atom is -0.375 e. The lowest BCUT2D eigenvalue weighted by molar-refractivity contribution is -0.120. The third kappa shape index (κ3) is 6.12. The number of carbonyl (C=O) groups is 2. The lowest BCUT2D eigenvalue weighted by Crippen LogP contribution is -2.34. The van der Waals surface area contributed by atoms with Crippen LogP contribution in [0.4, 0.5) is 5.13 Å². The molecule has 0 aliphatic rings. The third-order valence-electron chi connectivity index (χ3n) is 1.67. The molecule has 2 amide bonds. The number of nitrogens with zero attached hydrogens (tertiary/aromatic N) is 1. The monoisotopic (exact) mass is 274 g/mol. The van der Waals surface area contributed by atoms with Crippen LogP contribution in [0.3, 0.4) is 0 Å². The predicted octanol–water partition coefficient (Wildman–Crippen LogP) is 0.0697. The topological polar surface area (TPSA) is 97.1 Å². The van der Waals surface area contributed by atoms with Crippen molar-refractivity contribution < 1.29 is 9.59 Å². The molecule has 8 heteroatoms. The number of nitrogen functional groups attached to an aromatic ring is 1. The Balaban J connectivity index is 2.11. The van der Waals surface area contributed by atoms with Crippen LogP contribution in [0, 0.1) is 0 Å². The van der Waals surface area contributed by atoms with Crippen molar-refractivity contribution in [2.45, 2.75) is 11.1 Å². The lowest BCUT2D eigenvalue weighted by atomic mass is 10.5. The number of aromatic nitrogens is 1. The van der Waals surface area contributed by atoms with Crippen LogP contribution in [0.5, 0.6) is 0 Å². The molecule has 0 saturated carbocycles. The van der Waals surface area contributed by atoms with Gasteiger partial charge >= 0.3 is 0 Å². The highest BCUT2D eigenvalue weighted by atomic mass is 32.2. The quantitative estimate of drug-likeness (QED) is 0.504. The van der Waals surface area contributed by atoms with E-state index in [9.17, 15) is 9.59 Å². The van der Waals surface area contributed by atoms with Crippen LogP contribution in [0.25, 0.3) is 0 Å². The van der Waals surface area contributed by atoms with Crippen LogP contribution < -0.4 is 16.4 Å². The van der Waals surface area contributed by atoms with Crippen molar-refractivity contribution in [2.75, 3.05) is 24.6 Å². The molecule has 17 heavy (non-hydrogen) atoms. The first-order chi connectivity index (χ1) is 8.08. The van der Waals surface area contributed by atoms with E-state index in [0.29, 0.717) is 24.0 Å². The van der Waals surface area contributed by atoms with Gasteiger partial charge in [0.1, 0.15) is 0 Å². The van der Waals surface area contributed by atoms with Gasteiger partial charge in [0.25, 0.3) is 0 Å². The molecule has 0 aliphatic carbocycles. The number of rotatable bonds is 6. The fourth-order valence-electron chi connectivity index (χ4n) is 0.967. The van der Waals surface area contributed by atoms with Gasteiger partial charge in [-0.3, -0.25) is 9.59 Å². The molecule has 0 saturated heterocycles. The molecular formula is C9H14N4O2S2. The molecule has 0 spiro atoms. The Hall–Kier alpha value is -1.28. The van der Waals surface area contributed by atoms with Gasteiger partial charge in [-0.2, -0.15) is 0 Å². The normalized spacial score (nSPS) is 9.94. The van der Waals surface area contributed by atoms with Crippen molar-refractivity contribution in [1.82, 2.24) is 15.6 Å². The van der Waals surface area contributed by atoms with Gasteiger partial charge in [0.15, 0.2) is 5.13 Å². The van der Waals surface area contributed by atoms with E-state index >= 15 is 0 Å². The Morgan fingerprint density at radius 2 is 2.18 bits per heavy atom. The van der Waals surface area contributed by atoms with E-state index in [1.807, 2.05) is 0 Å². The van der Waals surface area contributed by atoms with Crippen molar-refractivity contribution in [2.24, 2.45) is 0 Å². The first kappa shape index (κ1) is 13.8. The molecule has 1 aromatic heterocycles. The zero-order chi connectivity index (χ0) is 12.7. The Labute approximate surface area is 107 Å². The van der Waals surface area contributed by atoms with E-state index in [2.05, 4.69) is 15.6 Å². The van der Waals surface area contributed by atoms with Crippen LogP contribution >= 0.6 is 23.1 Å². The summed E-state index contributed by atoms with van der Waals surface area (Å²) in [6.45, 7) is 2.31. The second-order valence-electron chi connectivity index (χ2n) is 3.14. The molecule has 0 atom stereocenters. The first-order valence-electron chi connectivity index (χ1n) is 4.93. The molecule has 1 rings (SSSR count). The van der Waals surface area contributed by atoms with Gasteiger partial charge in [-0.1, -0.05) is 11.3 Å². The SMILES string of the molecule is CC(=O)NCCNC(=O)CSc1cnc(N)s1. The van der Waals surface area contributed by atoms with Crippen molar-refractivity contribution >= 4 is 40.0 Å². The summed E-state index contributed by atoms with van der Waals surface area (Å²) in [6, 6.07) is 0. The van der Waals surface area contributed by atoms with Crippen molar-refractivity contribution in [3.63, 3.8) is 0 Å². The molecule has 6 nitrogen and oxygen atoms in total. The van der Waals surface area contributed by atoms with Crippen molar-refractivity contribution in [3.05, 3.63) is 6.20 Å². The Kier molecular flexibility index (Phi) is 5.78. The largest absolute Gasteiger partial charge is 0.375 e. The minimum absolute atomic E-state index is 0.0766. The van der Waals surface area contributed by atoms with Crippen molar-refractivity contribution in [1.29, 1.82) is 0 Å². The van der Waals surface area contributed by atoms with E-state index in [1.165, 1.54) is 30.0 Å².